The third-order valence-electron chi connectivity index (χ3n) is 5.07. The van der Waals surface area contributed by atoms with E-state index in [0.29, 0.717) is 25.3 Å². The number of carbonyl (C=O) groups is 2. The predicted molar refractivity (Wildman–Crippen MR) is 109 cm³/mol. The first-order valence-corrected chi connectivity index (χ1v) is 9.62. The molecule has 0 saturated carbocycles. The fraction of sp³-hybridized carbons (Fsp3) is 0.273. The Labute approximate surface area is 169 Å². The minimum atomic E-state index is -0.350. The van der Waals surface area contributed by atoms with E-state index in [1.165, 1.54) is 5.56 Å². The van der Waals surface area contributed by atoms with Gasteiger partial charge in [-0.3, -0.25) is 19.3 Å². The molecule has 1 saturated heterocycles. The average Bonchev–Trinajstić information content (AvgIpc) is 3.31. The SMILES string of the molecule is Cc1ccc(CN2CC(C(=O)Nc3cnn(Cc4ccncc4)c3)CC2=O)cc1. The van der Waals surface area contributed by atoms with E-state index in [0.717, 1.165) is 11.1 Å². The topological polar surface area (TPSA) is 80.1 Å². The van der Waals surface area contributed by atoms with Crippen molar-refractivity contribution in [3.8, 4) is 0 Å². The number of anilines is 1. The van der Waals surface area contributed by atoms with Crippen molar-refractivity contribution in [1.82, 2.24) is 19.7 Å². The van der Waals surface area contributed by atoms with Crippen LogP contribution in [0.5, 0.6) is 0 Å². The van der Waals surface area contributed by atoms with Gasteiger partial charge >= 0.3 is 0 Å². The van der Waals surface area contributed by atoms with E-state index in [2.05, 4.69) is 15.4 Å². The van der Waals surface area contributed by atoms with Crippen molar-refractivity contribution in [2.45, 2.75) is 26.4 Å². The summed E-state index contributed by atoms with van der Waals surface area (Å²) in [6, 6.07) is 12.0. The molecular formula is C22H23N5O2. The number of aryl methyl sites for hydroxylation is 1. The molecule has 7 nitrogen and oxygen atoms in total. The molecule has 1 aromatic carbocycles. The number of likely N-dealkylation sites (tertiary alicyclic amines) is 1. The lowest BCUT2D eigenvalue weighted by molar-refractivity contribution is -0.128. The molecule has 3 heterocycles. The van der Waals surface area contributed by atoms with Crippen LogP contribution in [0.4, 0.5) is 5.69 Å². The van der Waals surface area contributed by atoms with Gasteiger partial charge in [0.1, 0.15) is 0 Å². The Morgan fingerprint density at radius 1 is 1.10 bits per heavy atom. The van der Waals surface area contributed by atoms with Crippen LogP contribution in [0.15, 0.2) is 61.2 Å². The third kappa shape index (κ3) is 4.68. The van der Waals surface area contributed by atoms with Crippen LogP contribution in [0.25, 0.3) is 0 Å². The molecule has 0 bridgehead atoms. The van der Waals surface area contributed by atoms with E-state index >= 15 is 0 Å². The fourth-order valence-corrected chi connectivity index (χ4v) is 3.45. The van der Waals surface area contributed by atoms with Crippen LogP contribution < -0.4 is 5.32 Å². The van der Waals surface area contributed by atoms with Crippen molar-refractivity contribution in [2.24, 2.45) is 5.92 Å². The standard InChI is InChI=1S/C22H23N5O2/c1-16-2-4-17(5-3-16)12-26-14-19(10-21(26)28)22(29)25-20-11-24-27(15-20)13-18-6-8-23-9-7-18/h2-9,11,15,19H,10,12-14H2,1H3,(H,25,29). The van der Waals surface area contributed by atoms with Crippen molar-refractivity contribution < 1.29 is 9.59 Å². The fourth-order valence-electron chi connectivity index (χ4n) is 3.45. The monoisotopic (exact) mass is 389 g/mol. The molecule has 0 radical (unpaired) electrons. The number of benzene rings is 1. The lowest BCUT2D eigenvalue weighted by Gasteiger charge is -2.16. The summed E-state index contributed by atoms with van der Waals surface area (Å²) in [5.74, 6) is -0.483. The van der Waals surface area contributed by atoms with E-state index in [9.17, 15) is 9.59 Å². The highest BCUT2D eigenvalue weighted by atomic mass is 16.2. The molecule has 3 aromatic rings. The molecule has 0 aliphatic carbocycles. The number of aromatic nitrogens is 3. The number of hydrogen-bond acceptors (Lipinski definition) is 4. The van der Waals surface area contributed by atoms with Gasteiger partial charge in [0, 0.05) is 38.1 Å². The summed E-state index contributed by atoms with van der Waals surface area (Å²) in [6.45, 7) is 3.60. The van der Waals surface area contributed by atoms with E-state index in [1.807, 2.05) is 43.3 Å². The van der Waals surface area contributed by atoms with Gasteiger partial charge in [-0.25, -0.2) is 0 Å². The van der Waals surface area contributed by atoms with Gasteiger partial charge in [0.15, 0.2) is 0 Å². The Morgan fingerprint density at radius 2 is 1.83 bits per heavy atom. The molecule has 29 heavy (non-hydrogen) atoms. The van der Waals surface area contributed by atoms with Gasteiger partial charge in [-0.05, 0) is 30.2 Å². The number of nitrogens with one attached hydrogen (secondary N) is 1. The molecule has 1 N–H and O–H groups in total. The number of hydrogen-bond donors (Lipinski definition) is 1. The predicted octanol–water partition coefficient (Wildman–Crippen LogP) is 2.62. The highest BCUT2D eigenvalue weighted by Crippen LogP contribution is 2.22. The molecule has 2 amide bonds. The molecule has 1 aliphatic rings. The lowest BCUT2D eigenvalue weighted by Crippen LogP contribution is -2.28. The largest absolute Gasteiger partial charge is 0.338 e. The maximum atomic E-state index is 12.6. The summed E-state index contributed by atoms with van der Waals surface area (Å²) >= 11 is 0. The van der Waals surface area contributed by atoms with Gasteiger partial charge in [0.25, 0.3) is 0 Å². The Hall–Kier alpha value is -3.48. The first-order valence-electron chi connectivity index (χ1n) is 9.62. The quantitative estimate of drug-likeness (QED) is 0.703. The smallest absolute Gasteiger partial charge is 0.229 e. The Morgan fingerprint density at radius 3 is 2.59 bits per heavy atom. The maximum Gasteiger partial charge on any atom is 0.229 e. The molecule has 148 valence electrons. The van der Waals surface area contributed by atoms with Gasteiger partial charge in [0.05, 0.1) is 24.3 Å². The first kappa shape index (κ1) is 18.9. The van der Waals surface area contributed by atoms with Crippen LogP contribution in [0.3, 0.4) is 0 Å². The minimum absolute atomic E-state index is 0.0131. The summed E-state index contributed by atoms with van der Waals surface area (Å²) in [6.07, 6.45) is 7.13. The van der Waals surface area contributed by atoms with E-state index < -0.39 is 0 Å². The van der Waals surface area contributed by atoms with Crippen LogP contribution >= 0.6 is 0 Å². The Kier molecular flexibility index (Phi) is 5.37. The second-order valence-corrected chi connectivity index (χ2v) is 7.43. The summed E-state index contributed by atoms with van der Waals surface area (Å²) < 4.78 is 1.76. The highest BCUT2D eigenvalue weighted by Gasteiger charge is 2.34. The first-order chi connectivity index (χ1) is 14.1. The summed E-state index contributed by atoms with van der Waals surface area (Å²) in [5, 5.41) is 7.18. The average molecular weight is 389 g/mol. The second-order valence-electron chi connectivity index (χ2n) is 7.43. The van der Waals surface area contributed by atoms with Crippen molar-refractivity contribution in [2.75, 3.05) is 11.9 Å². The zero-order valence-corrected chi connectivity index (χ0v) is 16.3. The molecular weight excluding hydrogens is 366 g/mol. The third-order valence-corrected chi connectivity index (χ3v) is 5.07. The Bertz CT molecular complexity index is 998. The van der Waals surface area contributed by atoms with Gasteiger partial charge in [0.2, 0.25) is 11.8 Å². The van der Waals surface area contributed by atoms with Crippen LogP contribution in [0, 0.1) is 12.8 Å². The number of pyridine rings is 1. The zero-order valence-electron chi connectivity index (χ0n) is 16.3. The summed E-state index contributed by atoms with van der Waals surface area (Å²) in [7, 11) is 0. The molecule has 4 rings (SSSR count). The number of carbonyl (C=O) groups excluding carboxylic acids is 2. The van der Waals surface area contributed by atoms with E-state index in [4.69, 9.17) is 0 Å². The van der Waals surface area contributed by atoms with Crippen LogP contribution in [-0.4, -0.2) is 38.0 Å². The van der Waals surface area contributed by atoms with Gasteiger partial charge in [-0.1, -0.05) is 29.8 Å². The molecule has 1 atom stereocenters. The van der Waals surface area contributed by atoms with Crippen molar-refractivity contribution in [3.63, 3.8) is 0 Å². The van der Waals surface area contributed by atoms with Gasteiger partial charge in [-0.2, -0.15) is 5.10 Å². The van der Waals surface area contributed by atoms with Crippen molar-refractivity contribution in [1.29, 1.82) is 0 Å². The summed E-state index contributed by atoms with van der Waals surface area (Å²) in [5.41, 5.74) is 3.97. The number of rotatable bonds is 6. The summed E-state index contributed by atoms with van der Waals surface area (Å²) in [4.78, 5) is 30.7. The maximum absolute atomic E-state index is 12.6. The van der Waals surface area contributed by atoms with Crippen LogP contribution in [0.2, 0.25) is 0 Å². The highest BCUT2D eigenvalue weighted by molar-refractivity contribution is 5.97. The number of nitrogens with zero attached hydrogens (tertiary/aromatic N) is 4. The molecule has 7 heteroatoms. The Balaban J connectivity index is 1.33. The van der Waals surface area contributed by atoms with E-state index in [-0.39, 0.29) is 24.2 Å². The molecule has 1 unspecified atom stereocenters. The van der Waals surface area contributed by atoms with Crippen molar-refractivity contribution in [3.05, 3.63) is 77.9 Å². The number of amides is 2. The van der Waals surface area contributed by atoms with Crippen molar-refractivity contribution >= 4 is 17.5 Å². The molecule has 0 spiro atoms. The normalized spacial score (nSPS) is 16.2. The van der Waals surface area contributed by atoms with Gasteiger partial charge < -0.3 is 10.2 Å². The van der Waals surface area contributed by atoms with Crippen LogP contribution in [-0.2, 0) is 22.7 Å². The zero-order chi connectivity index (χ0) is 20.2. The van der Waals surface area contributed by atoms with Gasteiger partial charge in [-0.15, -0.1) is 0 Å². The molecule has 2 aromatic heterocycles. The van der Waals surface area contributed by atoms with E-state index in [1.54, 1.807) is 34.4 Å². The second kappa shape index (κ2) is 8.26. The molecule has 1 fully saturated rings. The molecule has 1 aliphatic heterocycles. The minimum Gasteiger partial charge on any atom is -0.338 e. The van der Waals surface area contributed by atoms with Crippen LogP contribution in [0.1, 0.15) is 23.1 Å². The lowest BCUT2D eigenvalue weighted by atomic mass is 10.1.